The van der Waals surface area contributed by atoms with E-state index >= 15 is 0 Å². The first-order valence-electron chi connectivity index (χ1n) is 9.16. The molecule has 0 heterocycles. The van der Waals surface area contributed by atoms with Gasteiger partial charge in [0.05, 0.1) is 22.3 Å². The number of ether oxygens (including phenoxy) is 2. The van der Waals surface area contributed by atoms with Crippen molar-refractivity contribution in [2.24, 2.45) is 0 Å². The van der Waals surface area contributed by atoms with Crippen molar-refractivity contribution in [3.63, 3.8) is 0 Å². The fourth-order valence-electron chi connectivity index (χ4n) is 2.87. The van der Waals surface area contributed by atoms with Gasteiger partial charge in [-0.25, -0.2) is 24.0 Å². The van der Waals surface area contributed by atoms with Gasteiger partial charge in [0.25, 0.3) is 0 Å². The van der Waals surface area contributed by atoms with Crippen LogP contribution >= 0.6 is 0 Å². The molecule has 0 saturated carbocycles. The molecule has 0 aliphatic heterocycles. The van der Waals surface area contributed by atoms with Gasteiger partial charge in [-0.2, -0.15) is 0 Å². The quantitative estimate of drug-likeness (QED) is 0.359. The summed E-state index contributed by atoms with van der Waals surface area (Å²) in [4.78, 5) is 59.7. The van der Waals surface area contributed by atoms with Crippen LogP contribution in [0.5, 0.6) is 11.5 Å². The maximum Gasteiger partial charge on any atom is 0.344 e. The average molecular weight is 450 g/mol. The Morgan fingerprint density at radius 2 is 0.879 bits per heavy atom. The number of hydrogen-bond donors (Lipinski definition) is 3. The van der Waals surface area contributed by atoms with E-state index in [1.165, 1.54) is 48.5 Å². The lowest BCUT2D eigenvalue weighted by molar-refractivity contribution is 0.0635. The van der Waals surface area contributed by atoms with Crippen LogP contribution in [0.3, 0.4) is 0 Å². The first-order chi connectivity index (χ1) is 15.7. The van der Waals surface area contributed by atoms with Crippen molar-refractivity contribution in [3.05, 3.63) is 94.5 Å². The maximum atomic E-state index is 12.7. The third-order valence-electron chi connectivity index (χ3n) is 4.36. The van der Waals surface area contributed by atoms with E-state index in [0.29, 0.717) is 0 Å². The van der Waals surface area contributed by atoms with Crippen molar-refractivity contribution in [2.45, 2.75) is 0 Å². The lowest BCUT2D eigenvalue weighted by atomic mass is 10.1. The third-order valence-corrected chi connectivity index (χ3v) is 4.36. The summed E-state index contributed by atoms with van der Waals surface area (Å²) in [7, 11) is 0. The zero-order valence-electron chi connectivity index (χ0n) is 16.6. The van der Waals surface area contributed by atoms with Crippen LogP contribution < -0.4 is 9.47 Å². The molecule has 0 aliphatic rings. The second-order valence-electron chi connectivity index (χ2n) is 6.42. The first-order valence-corrected chi connectivity index (χ1v) is 9.16. The molecule has 3 aromatic carbocycles. The number of rotatable bonds is 7. The molecule has 0 radical (unpaired) electrons. The van der Waals surface area contributed by atoms with E-state index in [1.807, 2.05) is 0 Å². The van der Waals surface area contributed by atoms with Crippen molar-refractivity contribution in [2.75, 3.05) is 0 Å². The molecule has 0 aliphatic carbocycles. The molecule has 0 spiro atoms. The smallest absolute Gasteiger partial charge is 0.344 e. The Balaban J connectivity index is 2.02. The highest BCUT2D eigenvalue weighted by Gasteiger charge is 2.26. The minimum Gasteiger partial charge on any atom is -0.478 e. The topological polar surface area (TPSA) is 164 Å². The number of benzene rings is 3. The highest BCUT2D eigenvalue weighted by Crippen LogP contribution is 2.33. The molecule has 3 N–H and O–H groups in total. The van der Waals surface area contributed by atoms with Crippen molar-refractivity contribution in [1.29, 1.82) is 0 Å². The van der Waals surface area contributed by atoms with E-state index in [1.54, 1.807) is 0 Å². The van der Waals surface area contributed by atoms with Gasteiger partial charge in [-0.1, -0.05) is 30.3 Å². The Labute approximate surface area is 185 Å². The van der Waals surface area contributed by atoms with E-state index in [4.69, 9.17) is 9.47 Å². The predicted octanol–water partition coefficient (Wildman–Crippen LogP) is 3.22. The van der Waals surface area contributed by atoms with Gasteiger partial charge in [0.2, 0.25) is 0 Å². The number of carboxylic acids is 3. The van der Waals surface area contributed by atoms with Gasteiger partial charge in [-0.05, 0) is 36.4 Å². The van der Waals surface area contributed by atoms with Crippen molar-refractivity contribution in [3.8, 4) is 11.5 Å². The SMILES string of the molecule is O=C(O)c1ccccc1C(=O)Oc1cccc(C(=O)O)c1OC(=O)c1ccccc1C(=O)O. The molecular formula is C23H14O10. The van der Waals surface area contributed by atoms with Crippen molar-refractivity contribution >= 4 is 29.8 Å². The number of carboxylic acid groups (broad SMARTS) is 3. The zero-order chi connectivity index (χ0) is 24.1. The summed E-state index contributed by atoms with van der Waals surface area (Å²) in [5, 5.41) is 28.0. The summed E-state index contributed by atoms with van der Waals surface area (Å²) in [6.07, 6.45) is 0. The lowest BCUT2D eigenvalue weighted by Crippen LogP contribution is -2.18. The summed E-state index contributed by atoms with van der Waals surface area (Å²) in [5.74, 6) is -7.81. The molecule has 0 unspecified atom stereocenters. The Bertz CT molecular complexity index is 1290. The van der Waals surface area contributed by atoms with Crippen LogP contribution in [0.25, 0.3) is 0 Å². The van der Waals surface area contributed by atoms with E-state index < -0.39 is 46.9 Å². The van der Waals surface area contributed by atoms with Crippen LogP contribution in [-0.2, 0) is 0 Å². The molecule has 10 heteroatoms. The number of para-hydroxylation sites is 1. The molecule has 3 rings (SSSR count). The first kappa shape index (κ1) is 22.7. The van der Waals surface area contributed by atoms with Crippen LogP contribution in [0, 0.1) is 0 Å². The summed E-state index contributed by atoms with van der Waals surface area (Å²) >= 11 is 0. The van der Waals surface area contributed by atoms with Crippen LogP contribution in [0.15, 0.2) is 66.7 Å². The normalized spacial score (nSPS) is 10.2. The Hall–Kier alpha value is -4.99. The second kappa shape index (κ2) is 9.43. The molecule has 0 saturated heterocycles. The van der Waals surface area contributed by atoms with Crippen LogP contribution in [-0.4, -0.2) is 45.2 Å². The minimum absolute atomic E-state index is 0.320. The largest absolute Gasteiger partial charge is 0.478 e. The highest BCUT2D eigenvalue weighted by atomic mass is 16.6. The fourth-order valence-corrected chi connectivity index (χ4v) is 2.87. The van der Waals surface area contributed by atoms with Crippen LogP contribution in [0.4, 0.5) is 0 Å². The number of aromatic carboxylic acids is 3. The van der Waals surface area contributed by atoms with Gasteiger partial charge in [0.15, 0.2) is 11.5 Å². The molecule has 0 bridgehead atoms. The van der Waals surface area contributed by atoms with Gasteiger partial charge in [0.1, 0.15) is 5.56 Å². The Kier molecular flexibility index (Phi) is 6.49. The molecular weight excluding hydrogens is 436 g/mol. The van der Waals surface area contributed by atoms with E-state index in [9.17, 15) is 39.3 Å². The highest BCUT2D eigenvalue weighted by molar-refractivity contribution is 6.05. The van der Waals surface area contributed by atoms with E-state index in [-0.39, 0.29) is 22.3 Å². The molecule has 0 fully saturated rings. The monoisotopic (exact) mass is 450 g/mol. The number of esters is 2. The number of carbonyl (C=O) groups excluding carboxylic acids is 2. The second-order valence-corrected chi connectivity index (χ2v) is 6.42. The molecule has 0 atom stereocenters. The Morgan fingerprint density at radius 3 is 1.33 bits per heavy atom. The molecule has 10 nitrogen and oxygen atoms in total. The zero-order valence-corrected chi connectivity index (χ0v) is 16.6. The summed E-state index contributed by atoms with van der Waals surface area (Å²) in [6.45, 7) is 0. The van der Waals surface area contributed by atoms with Crippen molar-refractivity contribution < 1.29 is 48.8 Å². The standard InChI is InChI=1S/C23H14O10/c24-19(25)12-6-1-3-8-14(12)22(30)32-17-11-5-10-16(21(28)29)18(17)33-23(31)15-9-4-2-7-13(15)20(26)27/h1-11H,(H,24,25)(H,26,27)(H,28,29). The molecule has 33 heavy (non-hydrogen) atoms. The van der Waals surface area contributed by atoms with Gasteiger partial charge in [-0.3, -0.25) is 0 Å². The summed E-state index contributed by atoms with van der Waals surface area (Å²) in [6, 6.07) is 13.7. The molecule has 3 aromatic rings. The van der Waals surface area contributed by atoms with Gasteiger partial charge in [0, 0.05) is 0 Å². The van der Waals surface area contributed by atoms with Gasteiger partial charge < -0.3 is 24.8 Å². The van der Waals surface area contributed by atoms with E-state index in [0.717, 1.165) is 18.2 Å². The maximum absolute atomic E-state index is 12.7. The van der Waals surface area contributed by atoms with Gasteiger partial charge in [-0.15, -0.1) is 0 Å². The minimum atomic E-state index is -1.52. The van der Waals surface area contributed by atoms with E-state index in [2.05, 4.69) is 0 Å². The fraction of sp³-hybridized carbons (Fsp3) is 0. The van der Waals surface area contributed by atoms with Crippen LogP contribution in [0.2, 0.25) is 0 Å². The average Bonchev–Trinajstić information content (AvgIpc) is 2.79. The number of hydrogen-bond acceptors (Lipinski definition) is 7. The molecule has 0 amide bonds. The van der Waals surface area contributed by atoms with Crippen LogP contribution in [0.1, 0.15) is 51.8 Å². The molecule has 0 aromatic heterocycles. The van der Waals surface area contributed by atoms with Gasteiger partial charge >= 0.3 is 29.8 Å². The Morgan fingerprint density at radius 1 is 0.485 bits per heavy atom. The summed E-state index contributed by atoms with van der Waals surface area (Å²) < 4.78 is 10.3. The number of carbonyl (C=O) groups is 5. The lowest BCUT2D eigenvalue weighted by Gasteiger charge is -2.14. The summed E-state index contributed by atoms with van der Waals surface area (Å²) in [5.41, 5.74) is -1.97. The molecule has 166 valence electrons. The predicted molar refractivity (Wildman–Crippen MR) is 110 cm³/mol. The van der Waals surface area contributed by atoms with Crippen molar-refractivity contribution in [1.82, 2.24) is 0 Å². The third kappa shape index (κ3) is 4.85.